The third-order valence-electron chi connectivity index (χ3n) is 4.69. The van der Waals surface area contributed by atoms with Gasteiger partial charge in [0.25, 0.3) is 5.91 Å². The number of nitro groups is 1. The van der Waals surface area contributed by atoms with Crippen LogP contribution in [0.5, 0.6) is 0 Å². The number of carbonyl (C=O) groups is 2. The first-order valence-electron chi connectivity index (χ1n) is 9.71. The van der Waals surface area contributed by atoms with E-state index in [9.17, 15) is 19.7 Å². The number of aryl methyl sites for hydroxylation is 2. The zero-order valence-electron chi connectivity index (χ0n) is 17.4. The topological polar surface area (TPSA) is 137 Å². The van der Waals surface area contributed by atoms with Gasteiger partial charge in [-0.3, -0.25) is 14.3 Å². The number of aromatic nitrogens is 4. The summed E-state index contributed by atoms with van der Waals surface area (Å²) < 4.78 is 3.03. The van der Waals surface area contributed by atoms with E-state index < -0.39 is 10.8 Å². The zero-order chi connectivity index (χ0) is 22.5. The van der Waals surface area contributed by atoms with Crippen LogP contribution in [0, 0.1) is 23.0 Å². The number of nitrogens with one attached hydrogen (secondary N) is 2. The second kappa shape index (κ2) is 9.20. The molecule has 3 rings (SSSR count). The largest absolute Gasteiger partial charge is 0.390 e. The molecule has 3 aromatic rings. The minimum atomic E-state index is -0.568. The fourth-order valence-corrected chi connectivity index (χ4v) is 3.02. The molecule has 11 nitrogen and oxygen atoms in total. The van der Waals surface area contributed by atoms with Crippen molar-refractivity contribution in [2.24, 2.45) is 5.92 Å². The van der Waals surface area contributed by atoms with Gasteiger partial charge in [-0.15, -0.1) is 0 Å². The lowest BCUT2D eigenvalue weighted by Crippen LogP contribution is -2.25. The molecular formula is C20H23N7O4. The van der Waals surface area contributed by atoms with Crippen LogP contribution in [0.15, 0.2) is 42.6 Å². The van der Waals surface area contributed by atoms with Crippen LogP contribution in [0.25, 0.3) is 0 Å². The monoisotopic (exact) mass is 425 g/mol. The lowest BCUT2D eigenvalue weighted by atomic mass is 10.1. The summed E-state index contributed by atoms with van der Waals surface area (Å²) in [5.41, 5.74) is 2.08. The van der Waals surface area contributed by atoms with Gasteiger partial charge in [0.15, 0.2) is 0 Å². The molecule has 0 aliphatic heterocycles. The van der Waals surface area contributed by atoms with E-state index in [0.29, 0.717) is 29.3 Å². The van der Waals surface area contributed by atoms with Gasteiger partial charge in [-0.25, -0.2) is 0 Å². The minimum Gasteiger partial charge on any atom is -0.358 e. The number of nitrogens with zero attached hydrogens (tertiary/aromatic N) is 5. The molecule has 0 radical (unpaired) electrons. The van der Waals surface area contributed by atoms with E-state index in [2.05, 4.69) is 20.8 Å². The fourth-order valence-electron chi connectivity index (χ4n) is 3.02. The summed E-state index contributed by atoms with van der Waals surface area (Å²) in [6, 6.07) is 9.79. The van der Waals surface area contributed by atoms with Crippen LogP contribution in [-0.2, 0) is 17.9 Å². The Morgan fingerprint density at radius 3 is 2.52 bits per heavy atom. The van der Waals surface area contributed by atoms with Crippen LogP contribution >= 0.6 is 0 Å². The molecule has 2 N–H and O–H groups in total. The van der Waals surface area contributed by atoms with E-state index >= 15 is 0 Å². The van der Waals surface area contributed by atoms with Crippen LogP contribution in [0.3, 0.4) is 0 Å². The number of hydrogen-bond acceptors (Lipinski definition) is 6. The number of rotatable bonds is 8. The molecule has 1 unspecified atom stereocenters. The van der Waals surface area contributed by atoms with Crippen LogP contribution < -0.4 is 10.6 Å². The first kappa shape index (κ1) is 21.7. The number of anilines is 2. The molecule has 162 valence electrons. The Balaban J connectivity index is 1.64. The van der Waals surface area contributed by atoms with Gasteiger partial charge in [0.05, 0.1) is 29.3 Å². The van der Waals surface area contributed by atoms with Crippen molar-refractivity contribution in [2.75, 3.05) is 10.6 Å². The Morgan fingerprint density at radius 2 is 1.87 bits per heavy atom. The van der Waals surface area contributed by atoms with Crippen molar-refractivity contribution >= 4 is 29.0 Å². The van der Waals surface area contributed by atoms with Crippen molar-refractivity contribution in [3.63, 3.8) is 0 Å². The number of amides is 2. The third kappa shape index (κ3) is 5.13. The quantitative estimate of drug-likeness (QED) is 0.420. The second-order valence-corrected chi connectivity index (χ2v) is 7.04. The highest BCUT2D eigenvalue weighted by Crippen LogP contribution is 2.18. The van der Waals surface area contributed by atoms with Gasteiger partial charge in [0, 0.05) is 24.1 Å². The van der Waals surface area contributed by atoms with Gasteiger partial charge < -0.3 is 20.7 Å². The maximum Gasteiger partial charge on any atom is 0.390 e. The first-order valence-corrected chi connectivity index (χ1v) is 9.71. The highest BCUT2D eigenvalue weighted by atomic mass is 16.6. The van der Waals surface area contributed by atoms with E-state index in [1.807, 2.05) is 6.92 Å². The molecule has 0 fully saturated rings. The number of hydrogen-bond donors (Lipinski definition) is 2. The van der Waals surface area contributed by atoms with Gasteiger partial charge >= 0.3 is 5.82 Å². The van der Waals surface area contributed by atoms with E-state index in [1.165, 1.54) is 10.7 Å². The number of carbonyl (C=O) groups excluding carboxylic acids is 2. The Kier molecular flexibility index (Phi) is 6.43. The van der Waals surface area contributed by atoms with Gasteiger partial charge in [-0.05, 0) is 43.0 Å². The Morgan fingerprint density at radius 1 is 1.16 bits per heavy atom. The second-order valence-electron chi connectivity index (χ2n) is 7.04. The normalized spacial score (nSPS) is 11.7. The third-order valence-corrected chi connectivity index (χ3v) is 4.69. The van der Waals surface area contributed by atoms with Crippen LogP contribution in [-0.4, -0.2) is 36.3 Å². The summed E-state index contributed by atoms with van der Waals surface area (Å²) in [5.74, 6) is -1.31. The van der Waals surface area contributed by atoms with Crippen molar-refractivity contribution in [1.82, 2.24) is 19.6 Å². The van der Waals surface area contributed by atoms with Crippen molar-refractivity contribution in [2.45, 2.75) is 33.9 Å². The van der Waals surface area contributed by atoms with Crippen molar-refractivity contribution in [3.8, 4) is 0 Å². The molecule has 0 spiro atoms. The fraction of sp³-hybridized carbons (Fsp3) is 0.300. The molecule has 0 saturated carbocycles. The minimum absolute atomic E-state index is 0.197. The molecule has 0 saturated heterocycles. The lowest BCUT2D eigenvalue weighted by molar-refractivity contribution is -0.389. The molecule has 2 amide bonds. The zero-order valence-corrected chi connectivity index (χ0v) is 17.4. The van der Waals surface area contributed by atoms with E-state index in [4.69, 9.17) is 0 Å². The molecule has 0 aliphatic rings. The summed E-state index contributed by atoms with van der Waals surface area (Å²) in [6.07, 6.45) is 1.56. The predicted molar refractivity (Wildman–Crippen MR) is 114 cm³/mol. The van der Waals surface area contributed by atoms with Crippen molar-refractivity contribution < 1.29 is 14.5 Å². The molecule has 0 bridgehead atoms. The van der Waals surface area contributed by atoms with Gasteiger partial charge in [0.2, 0.25) is 5.91 Å². The summed E-state index contributed by atoms with van der Waals surface area (Å²) in [6.45, 7) is 6.07. The van der Waals surface area contributed by atoms with E-state index in [0.717, 1.165) is 0 Å². The lowest BCUT2D eigenvalue weighted by Gasteiger charge is -2.13. The average molecular weight is 425 g/mol. The van der Waals surface area contributed by atoms with Crippen molar-refractivity contribution in [1.29, 1.82) is 0 Å². The predicted octanol–water partition coefficient (Wildman–Crippen LogP) is 2.84. The molecule has 2 heterocycles. The standard InChI is InChI=1S/C20H23N7O4/c1-4-25-17(8-9-21-25)20(29)23-16-7-5-6-15(11-16)22-19(28)13(2)12-26-14(3)10-18(24-26)27(30)31/h5-11,13H,4,12H2,1-3H3,(H,22,28)(H,23,29). The molecule has 2 aromatic heterocycles. The summed E-state index contributed by atoms with van der Waals surface area (Å²) in [7, 11) is 0. The van der Waals surface area contributed by atoms with Crippen LogP contribution in [0.4, 0.5) is 17.2 Å². The van der Waals surface area contributed by atoms with Gasteiger partial charge in [0.1, 0.15) is 5.69 Å². The van der Waals surface area contributed by atoms with Gasteiger partial charge in [-0.2, -0.15) is 9.78 Å². The van der Waals surface area contributed by atoms with Crippen LogP contribution in [0.1, 0.15) is 30.0 Å². The molecule has 11 heteroatoms. The Labute approximate surface area is 178 Å². The molecule has 1 aromatic carbocycles. The van der Waals surface area contributed by atoms with E-state index in [1.54, 1.807) is 55.1 Å². The number of benzene rings is 1. The maximum atomic E-state index is 12.6. The molecular weight excluding hydrogens is 402 g/mol. The van der Waals surface area contributed by atoms with Crippen LogP contribution in [0.2, 0.25) is 0 Å². The Hall–Kier alpha value is -4.02. The van der Waals surface area contributed by atoms with Gasteiger partial charge in [-0.1, -0.05) is 13.0 Å². The van der Waals surface area contributed by atoms with Crippen molar-refractivity contribution in [3.05, 3.63) is 64.1 Å². The first-order chi connectivity index (χ1) is 14.8. The molecule has 31 heavy (non-hydrogen) atoms. The summed E-state index contributed by atoms with van der Waals surface area (Å²) >= 11 is 0. The maximum absolute atomic E-state index is 12.6. The SMILES string of the molecule is CCn1nccc1C(=O)Nc1cccc(NC(=O)C(C)Cn2nc([N+](=O)[O-])cc2C)c1. The summed E-state index contributed by atoms with van der Waals surface area (Å²) in [5, 5.41) is 24.4. The summed E-state index contributed by atoms with van der Waals surface area (Å²) in [4.78, 5) is 35.3. The van der Waals surface area contributed by atoms with E-state index in [-0.39, 0.29) is 24.2 Å². The smallest absolute Gasteiger partial charge is 0.358 e. The molecule has 1 atom stereocenters. The average Bonchev–Trinajstić information content (AvgIpc) is 3.35. The highest BCUT2D eigenvalue weighted by Gasteiger charge is 2.21. The Bertz CT molecular complexity index is 1120. The molecule has 0 aliphatic carbocycles. The highest BCUT2D eigenvalue weighted by molar-refractivity contribution is 6.03.